The molecule has 23 heavy (non-hydrogen) atoms. The molecule has 2 amide bonds. The highest BCUT2D eigenvalue weighted by Crippen LogP contribution is 2.17. The first-order chi connectivity index (χ1) is 11.0. The number of hydrogen-bond acceptors (Lipinski definition) is 4. The van der Waals surface area contributed by atoms with Gasteiger partial charge in [-0.05, 0) is 25.8 Å². The van der Waals surface area contributed by atoms with E-state index in [0.29, 0.717) is 19.6 Å². The molecule has 6 nitrogen and oxygen atoms in total. The van der Waals surface area contributed by atoms with E-state index in [4.69, 9.17) is 10.5 Å². The number of likely N-dealkylation sites (N-methyl/N-ethyl adjacent to an activating group) is 1. The van der Waals surface area contributed by atoms with E-state index in [1.165, 1.54) is 0 Å². The van der Waals surface area contributed by atoms with Crippen LogP contribution < -0.4 is 5.73 Å². The average molecular weight is 319 g/mol. The molecule has 0 spiro atoms. The fourth-order valence-corrected chi connectivity index (χ4v) is 2.83. The third-order valence-corrected chi connectivity index (χ3v) is 4.08. The monoisotopic (exact) mass is 319 g/mol. The predicted octanol–water partition coefficient (Wildman–Crippen LogP) is 1.59. The molecule has 1 fully saturated rings. The van der Waals surface area contributed by atoms with E-state index in [9.17, 15) is 9.59 Å². The molecule has 2 atom stereocenters. The predicted molar refractivity (Wildman–Crippen MR) is 87.6 cm³/mol. The van der Waals surface area contributed by atoms with Crippen LogP contribution >= 0.6 is 0 Å². The second-order valence-electron chi connectivity index (χ2n) is 5.84. The fourth-order valence-electron chi connectivity index (χ4n) is 2.83. The molecule has 0 saturated carbocycles. The van der Waals surface area contributed by atoms with Crippen molar-refractivity contribution in [2.75, 3.05) is 19.6 Å². The molecule has 0 bridgehead atoms. The maximum Gasteiger partial charge on any atom is 0.410 e. The lowest BCUT2D eigenvalue weighted by Crippen LogP contribution is -2.48. The van der Waals surface area contributed by atoms with Crippen molar-refractivity contribution in [2.24, 2.45) is 5.73 Å². The number of nitrogens with zero attached hydrogens (tertiary/aromatic N) is 2. The van der Waals surface area contributed by atoms with Gasteiger partial charge in [-0.1, -0.05) is 30.3 Å². The third-order valence-electron chi connectivity index (χ3n) is 4.08. The minimum absolute atomic E-state index is 0.0165. The van der Waals surface area contributed by atoms with Crippen LogP contribution in [0.5, 0.6) is 0 Å². The Kier molecular flexibility index (Phi) is 5.98. The minimum Gasteiger partial charge on any atom is -0.445 e. The molecule has 2 rings (SSSR count). The van der Waals surface area contributed by atoms with Crippen LogP contribution in [0.3, 0.4) is 0 Å². The summed E-state index contributed by atoms with van der Waals surface area (Å²) in [6.07, 6.45) is 0.424. The summed E-state index contributed by atoms with van der Waals surface area (Å²) in [5.41, 5.74) is 6.65. The molecular formula is C17H25N3O3. The molecule has 0 aliphatic carbocycles. The lowest BCUT2D eigenvalue weighted by atomic mass is 10.2. The molecule has 6 heteroatoms. The van der Waals surface area contributed by atoms with E-state index >= 15 is 0 Å². The Bertz CT molecular complexity index is 533. The Morgan fingerprint density at radius 3 is 2.70 bits per heavy atom. The van der Waals surface area contributed by atoms with Gasteiger partial charge >= 0.3 is 6.09 Å². The standard InChI is InChI=1S/C17H25N3O3/c1-3-20(16(21)13(2)18)15-9-10-19(11-15)17(22)23-12-14-7-5-4-6-8-14/h4-8,13,15H,3,9-12,18H2,1-2H3/t13-,15+/m0/s1. The summed E-state index contributed by atoms with van der Waals surface area (Å²) in [6.45, 7) is 5.57. The fraction of sp³-hybridized carbons (Fsp3) is 0.529. The van der Waals surface area contributed by atoms with Crippen LogP contribution in [0.25, 0.3) is 0 Å². The topological polar surface area (TPSA) is 75.9 Å². The maximum atomic E-state index is 12.2. The summed E-state index contributed by atoms with van der Waals surface area (Å²) in [6, 6.07) is 9.07. The first-order valence-electron chi connectivity index (χ1n) is 8.04. The summed E-state index contributed by atoms with van der Waals surface area (Å²) in [5, 5.41) is 0. The quantitative estimate of drug-likeness (QED) is 0.894. The van der Waals surface area contributed by atoms with Crippen molar-refractivity contribution in [2.45, 2.75) is 39.0 Å². The molecule has 1 aromatic rings. The van der Waals surface area contributed by atoms with Crippen molar-refractivity contribution in [3.63, 3.8) is 0 Å². The van der Waals surface area contributed by atoms with E-state index in [-0.39, 0.29) is 24.6 Å². The van der Waals surface area contributed by atoms with E-state index in [2.05, 4.69) is 0 Å². The molecule has 0 radical (unpaired) electrons. The number of likely N-dealkylation sites (tertiary alicyclic amines) is 1. The number of rotatable bonds is 5. The van der Waals surface area contributed by atoms with Gasteiger partial charge in [-0.25, -0.2) is 4.79 Å². The van der Waals surface area contributed by atoms with Gasteiger partial charge in [0.25, 0.3) is 0 Å². The summed E-state index contributed by atoms with van der Waals surface area (Å²) in [4.78, 5) is 27.7. The van der Waals surface area contributed by atoms with E-state index in [1.807, 2.05) is 37.3 Å². The zero-order chi connectivity index (χ0) is 16.8. The number of amides is 2. The second kappa shape index (κ2) is 7.97. The first-order valence-corrected chi connectivity index (χ1v) is 8.04. The molecule has 1 aliphatic rings. The Morgan fingerprint density at radius 2 is 2.09 bits per heavy atom. The summed E-state index contributed by atoms with van der Waals surface area (Å²) < 4.78 is 5.34. The molecular weight excluding hydrogens is 294 g/mol. The molecule has 1 aromatic carbocycles. The van der Waals surface area contributed by atoms with Gasteiger partial charge in [-0.15, -0.1) is 0 Å². The summed E-state index contributed by atoms with van der Waals surface area (Å²) in [5.74, 6) is -0.0722. The minimum atomic E-state index is -0.519. The molecule has 1 aliphatic heterocycles. The SMILES string of the molecule is CCN(C(=O)[C@H](C)N)[C@@H]1CCN(C(=O)OCc2ccccc2)C1. The Labute approximate surface area is 137 Å². The van der Waals surface area contributed by atoms with Crippen LogP contribution in [0.4, 0.5) is 4.79 Å². The van der Waals surface area contributed by atoms with Gasteiger partial charge < -0.3 is 20.3 Å². The van der Waals surface area contributed by atoms with Crippen LogP contribution in [-0.2, 0) is 16.1 Å². The van der Waals surface area contributed by atoms with Crippen LogP contribution in [0, 0.1) is 0 Å². The van der Waals surface area contributed by atoms with E-state index in [1.54, 1.807) is 16.7 Å². The Balaban J connectivity index is 1.86. The van der Waals surface area contributed by atoms with Gasteiger partial charge in [0.1, 0.15) is 6.61 Å². The zero-order valence-corrected chi connectivity index (χ0v) is 13.8. The number of carbonyl (C=O) groups excluding carboxylic acids is 2. The molecule has 1 heterocycles. The molecule has 0 unspecified atom stereocenters. The first kappa shape index (κ1) is 17.3. The molecule has 126 valence electrons. The van der Waals surface area contributed by atoms with Crippen molar-refractivity contribution in [1.82, 2.24) is 9.80 Å². The maximum absolute atomic E-state index is 12.2. The largest absolute Gasteiger partial charge is 0.445 e. The second-order valence-corrected chi connectivity index (χ2v) is 5.84. The zero-order valence-electron chi connectivity index (χ0n) is 13.8. The number of ether oxygens (including phenoxy) is 1. The van der Waals surface area contributed by atoms with Gasteiger partial charge in [0.15, 0.2) is 0 Å². The highest BCUT2D eigenvalue weighted by Gasteiger charge is 2.33. The third kappa shape index (κ3) is 4.45. The van der Waals surface area contributed by atoms with Gasteiger partial charge in [-0.3, -0.25) is 4.79 Å². The van der Waals surface area contributed by atoms with Gasteiger partial charge in [-0.2, -0.15) is 0 Å². The Morgan fingerprint density at radius 1 is 1.39 bits per heavy atom. The lowest BCUT2D eigenvalue weighted by molar-refractivity contribution is -0.134. The van der Waals surface area contributed by atoms with Crippen LogP contribution in [-0.4, -0.2) is 53.5 Å². The molecule has 0 aromatic heterocycles. The van der Waals surface area contributed by atoms with Crippen molar-refractivity contribution in [1.29, 1.82) is 0 Å². The summed E-state index contributed by atoms with van der Waals surface area (Å²) in [7, 11) is 0. The van der Waals surface area contributed by atoms with Crippen molar-refractivity contribution in [3.05, 3.63) is 35.9 Å². The molecule has 2 N–H and O–H groups in total. The van der Waals surface area contributed by atoms with Crippen LogP contribution in [0.15, 0.2) is 30.3 Å². The highest BCUT2D eigenvalue weighted by molar-refractivity contribution is 5.81. The van der Waals surface area contributed by atoms with Crippen LogP contribution in [0.1, 0.15) is 25.8 Å². The van der Waals surface area contributed by atoms with Crippen LogP contribution in [0.2, 0.25) is 0 Å². The number of benzene rings is 1. The highest BCUT2D eigenvalue weighted by atomic mass is 16.6. The smallest absolute Gasteiger partial charge is 0.410 e. The number of carbonyl (C=O) groups is 2. The van der Waals surface area contributed by atoms with Crippen molar-refractivity contribution in [3.8, 4) is 0 Å². The van der Waals surface area contributed by atoms with Gasteiger partial charge in [0.2, 0.25) is 5.91 Å². The Hall–Kier alpha value is -2.08. The van der Waals surface area contributed by atoms with E-state index in [0.717, 1.165) is 12.0 Å². The lowest BCUT2D eigenvalue weighted by Gasteiger charge is -2.29. The van der Waals surface area contributed by atoms with Gasteiger partial charge in [0.05, 0.1) is 12.1 Å². The number of nitrogens with two attached hydrogens (primary N) is 1. The van der Waals surface area contributed by atoms with Gasteiger partial charge in [0, 0.05) is 19.6 Å². The molecule has 1 saturated heterocycles. The normalized spacial score (nSPS) is 18.6. The number of hydrogen-bond donors (Lipinski definition) is 1. The van der Waals surface area contributed by atoms with E-state index < -0.39 is 6.04 Å². The van der Waals surface area contributed by atoms with Crippen molar-refractivity contribution >= 4 is 12.0 Å². The van der Waals surface area contributed by atoms with Crippen molar-refractivity contribution < 1.29 is 14.3 Å². The average Bonchev–Trinajstić information content (AvgIpc) is 3.04. The summed E-state index contributed by atoms with van der Waals surface area (Å²) >= 11 is 0.